The van der Waals surface area contributed by atoms with Gasteiger partial charge in [-0.15, -0.1) is 0 Å². The highest BCUT2D eigenvalue weighted by Gasteiger charge is 2.29. The first-order chi connectivity index (χ1) is 4.75. The molecule has 0 aromatic heterocycles. The van der Waals surface area contributed by atoms with Crippen LogP contribution in [0.2, 0.25) is 0 Å². The lowest BCUT2D eigenvalue weighted by Crippen LogP contribution is -2.36. The van der Waals surface area contributed by atoms with Crippen LogP contribution < -0.4 is 11.1 Å². The molecule has 0 bridgehead atoms. The summed E-state index contributed by atoms with van der Waals surface area (Å²) in [5, 5.41) is 2.61. The Kier molecular flexibility index (Phi) is 2.01. The first-order valence-electron chi connectivity index (χ1n) is 3.24. The van der Waals surface area contributed by atoms with Crippen LogP contribution in [0.25, 0.3) is 0 Å². The van der Waals surface area contributed by atoms with Gasteiger partial charge in [0.25, 0.3) is 0 Å². The van der Waals surface area contributed by atoms with E-state index >= 15 is 0 Å². The van der Waals surface area contributed by atoms with Crippen LogP contribution in [-0.2, 0) is 9.59 Å². The molecule has 1 amide bonds. The molecule has 4 nitrogen and oxygen atoms in total. The van der Waals surface area contributed by atoms with Crippen molar-refractivity contribution in [3.8, 4) is 0 Å². The maximum atomic E-state index is 10.8. The van der Waals surface area contributed by atoms with Crippen molar-refractivity contribution in [2.75, 3.05) is 6.54 Å². The van der Waals surface area contributed by atoms with Gasteiger partial charge in [-0.05, 0) is 6.42 Å². The van der Waals surface area contributed by atoms with Crippen LogP contribution in [-0.4, -0.2) is 24.8 Å². The molecule has 10 heavy (non-hydrogen) atoms. The van der Waals surface area contributed by atoms with E-state index in [0.29, 0.717) is 19.3 Å². The largest absolute Gasteiger partial charge is 0.356 e. The Labute approximate surface area is 58.8 Å². The van der Waals surface area contributed by atoms with Crippen LogP contribution in [0.1, 0.15) is 6.42 Å². The monoisotopic (exact) mass is 142 g/mol. The molecule has 0 aromatic carbocycles. The second kappa shape index (κ2) is 2.79. The summed E-state index contributed by atoms with van der Waals surface area (Å²) in [6.45, 7) is 0.644. The van der Waals surface area contributed by atoms with Gasteiger partial charge in [-0.1, -0.05) is 0 Å². The van der Waals surface area contributed by atoms with E-state index in [1.165, 1.54) is 0 Å². The molecule has 1 aliphatic heterocycles. The smallest absolute Gasteiger partial charge is 0.225 e. The lowest BCUT2D eigenvalue weighted by molar-refractivity contribution is -0.125. The molecule has 2 atom stereocenters. The molecular weight excluding hydrogens is 132 g/mol. The maximum absolute atomic E-state index is 10.8. The standard InChI is InChI=1S/C6H10N2O2/c7-5(3-9)4-1-2-8-6(4)10/h3-5H,1-2,7H2,(H,8,10). The maximum Gasteiger partial charge on any atom is 0.225 e. The summed E-state index contributed by atoms with van der Waals surface area (Å²) >= 11 is 0. The minimum atomic E-state index is -0.623. The molecule has 3 N–H and O–H groups in total. The fourth-order valence-corrected chi connectivity index (χ4v) is 1.08. The number of carbonyl (C=O) groups excluding carboxylic acids is 2. The first-order valence-corrected chi connectivity index (χ1v) is 3.24. The van der Waals surface area contributed by atoms with Crippen LogP contribution in [0.3, 0.4) is 0 Å². The fourth-order valence-electron chi connectivity index (χ4n) is 1.08. The van der Waals surface area contributed by atoms with Crippen LogP contribution in [0.5, 0.6) is 0 Å². The van der Waals surface area contributed by atoms with E-state index in [1.54, 1.807) is 0 Å². The number of carbonyl (C=O) groups is 2. The van der Waals surface area contributed by atoms with E-state index in [1.807, 2.05) is 0 Å². The van der Waals surface area contributed by atoms with Crippen molar-refractivity contribution in [2.45, 2.75) is 12.5 Å². The third-order valence-corrected chi connectivity index (χ3v) is 1.71. The van der Waals surface area contributed by atoms with Gasteiger partial charge in [0, 0.05) is 6.54 Å². The molecule has 1 heterocycles. The summed E-state index contributed by atoms with van der Waals surface area (Å²) < 4.78 is 0. The zero-order valence-electron chi connectivity index (χ0n) is 5.54. The fraction of sp³-hybridized carbons (Fsp3) is 0.667. The summed E-state index contributed by atoms with van der Waals surface area (Å²) in [6.07, 6.45) is 1.30. The lowest BCUT2D eigenvalue weighted by Gasteiger charge is -2.07. The van der Waals surface area contributed by atoms with Crippen molar-refractivity contribution < 1.29 is 9.59 Å². The summed E-state index contributed by atoms with van der Waals surface area (Å²) in [5.41, 5.74) is 5.34. The van der Waals surface area contributed by atoms with Crippen molar-refractivity contribution in [3.05, 3.63) is 0 Å². The predicted molar refractivity (Wildman–Crippen MR) is 35.2 cm³/mol. The van der Waals surface area contributed by atoms with Crippen LogP contribution >= 0.6 is 0 Å². The number of hydrogen-bond donors (Lipinski definition) is 2. The number of nitrogens with two attached hydrogens (primary N) is 1. The average Bonchev–Trinajstić information content (AvgIpc) is 2.34. The minimum Gasteiger partial charge on any atom is -0.356 e. The lowest BCUT2D eigenvalue weighted by atomic mass is 10.0. The number of rotatable bonds is 2. The van der Waals surface area contributed by atoms with Crippen LogP contribution in [0.15, 0.2) is 0 Å². The summed E-state index contributed by atoms with van der Waals surface area (Å²) in [5.74, 6) is -0.392. The van der Waals surface area contributed by atoms with E-state index in [9.17, 15) is 9.59 Å². The Morgan fingerprint density at radius 2 is 2.50 bits per heavy atom. The van der Waals surface area contributed by atoms with Gasteiger partial charge in [0.05, 0.1) is 12.0 Å². The van der Waals surface area contributed by atoms with Crippen molar-refractivity contribution >= 4 is 12.2 Å². The van der Waals surface area contributed by atoms with Gasteiger partial charge in [0.2, 0.25) is 5.91 Å². The molecule has 1 rings (SSSR count). The predicted octanol–water partition coefficient (Wildman–Crippen LogP) is -1.35. The van der Waals surface area contributed by atoms with E-state index in [-0.39, 0.29) is 11.8 Å². The Balaban J connectivity index is 2.54. The van der Waals surface area contributed by atoms with Crippen molar-refractivity contribution in [1.82, 2.24) is 5.32 Å². The second-order valence-electron chi connectivity index (χ2n) is 2.40. The van der Waals surface area contributed by atoms with E-state index in [0.717, 1.165) is 0 Å². The van der Waals surface area contributed by atoms with E-state index in [4.69, 9.17) is 5.73 Å². The van der Waals surface area contributed by atoms with Gasteiger partial charge >= 0.3 is 0 Å². The van der Waals surface area contributed by atoms with Gasteiger partial charge in [0.1, 0.15) is 6.29 Å². The van der Waals surface area contributed by atoms with Crippen molar-refractivity contribution in [3.63, 3.8) is 0 Å². The van der Waals surface area contributed by atoms with E-state index in [2.05, 4.69) is 5.32 Å². The Hall–Kier alpha value is -0.900. The molecule has 56 valence electrons. The first kappa shape index (κ1) is 7.21. The molecule has 1 saturated heterocycles. The number of hydrogen-bond acceptors (Lipinski definition) is 3. The Bertz CT molecular complexity index is 158. The third-order valence-electron chi connectivity index (χ3n) is 1.71. The number of amides is 1. The molecule has 0 spiro atoms. The third kappa shape index (κ3) is 1.16. The highest BCUT2D eigenvalue weighted by Crippen LogP contribution is 2.10. The number of aldehydes is 1. The molecule has 2 unspecified atom stereocenters. The van der Waals surface area contributed by atoms with Gasteiger partial charge in [-0.25, -0.2) is 0 Å². The summed E-state index contributed by atoms with van der Waals surface area (Å²) in [7, 11) is 0. The van der Waals surface area contributed by atoms with Gasteiger partial charge < -0.3 is 15.8 Å². The molecule has 1 aliphatic rings. The second-order valence-corrected chi connectivity index (χ2v) is 2.40. The minimum absolute atomic E-state index is 0.0976. The molecule has 0 radical (unpaired) electrons. The van der Waals surface area contributed by atoms with Gasteiger partial charge in [0.15, 0.2) is 0 Å². The molecule has 0 aromatic rings. The zero-order chi connectivity index (χ0) is 7.56. The highest BCUT2D eigenvalue weighted by molar-refractivity contribution is 5.84. The molecule has 4 heteroatoms. The van der Waals surface area contributed by atoms with Crippen molar-refractivity contribution in [1.29, 1.82) is 0 Å². The zero-order valence-corrected chi connectivity index (χ0v) is 5.54. The Morgan fingerprint density at radius 1 is 1.80 bits per heavy atom. The summed E-state index contributed by atoms with van der Waals surface area (Å²) in [6, 6.07) is -0.623. The number of nitrogens with one attached hydrogen (secondary N) is 1. The SMILES string of the molecule is NC(C=O)C1CCNC1=O. The summed E-state index contributed by atoms with van der Waals surface area (Å²) in [4.78, 5) is 21.0. The van der Waals surface area contributed by atoms with E-state index < -0.39 is 6.04 Å². The van der Waals surface area contributed by atoms with Crippen molar-refractivity contribution in [2.24, 2.45) is 11.7 Å². The Morgan fingerprint density at radius 3 is 2.90 bits per heavy atom. The molecule has 0 saturated carbocycles. The topological polar surface area (TPSA) is 72.2 Å². The van der Waals surface area contributed by atoms with Gasteiger partial charge in [-0.2, -0.15) is 0 Å². The molecule has 1 fully saturated rings. The van der Waals surface area contributed by atoms with Gasteiger partial charge in [-0.3, -0.25) is 4.79 Å². The normalized spacial score (nSPS) is 27.7. The molecule has 0 aliphatic carbocycles. The molecular formula is C6H10N2O2. The van der Waals surface area contributed by atoms with Crippen LogP contribution in [0, 0.1) is 5.92 Å². The highest BCUT2D eigenvalue weighted by atomic mass is 16.2. The quantitative estimate of drug-likeness (QED) is 0.468. The average molecular weight is 142 g/mol. The van der Waals surface area contributed by atoms with Crippen LogP contribution in [0.4, 0.5) is 0 Å².